The quantitative estimate of drug-likeness (QED) is 0.300. The molecule has 0 bridgehead atoms. The molecule has 2 aromatic carbocycles. The van der Waals surface area contributed by atoms with Crippen LogP contribution in [0.15, 0.2) is 48.5 Å². The van der Waals surface area contributed by atoms with E-state index in [-0.39, 0.29) is 29.0 Å². The minimum absolute atomic E-state index is 0.157. The maximum absolute atomic E-state index is 14.1. The van der Waals surface area contributed by atoms with Crippen LogP contribution in [-0.4, -0.2) is 47.2 Å². The van der Waals surface area contributed by atoms with Crippen molar-refractivity contribution in [3.05, 3.63) is 71.0 Å². The van der Waals surface area contributed by atoms with E-state index in [2.05, 4.69) is 45.3 Å². The van der Waals surface area contributed by atoms with Crippen molar-refractivity contribution in [2.24, 2.45) is 0 Å². The topological polar surface area (TPSA) is 73.7 Å². The number of methoxy groups -OCH3 is 1. The second-order valence-corrected chi connectivity index (χ2v) is 10.6. The zero-order chi connectivity index (χ0) is 25.1. The monoisotopic (exact) mass is 549 g/mol. The fourth-order valence-electron chi connectivity index (χ4n) is 5.36. The lowest BCUT2D eigenvalue weighted by molar-refractivity contribution is 0.0516. The van der Waals surface area contributed by atoms with E-state index in [4.69, 9.17) is 9.47 Å². The molecule has 8 heteroatoms. The number of carbonyl (C=O) groups is 2. The Labute approximate surface area is 218 Å². The molecule has 0 atom stereocenters. The lowest BCUT2D eigenvalue weighted by atomic mass is 9.88. The molecule has 1 spiro atoms. The summed E-state index contributed by atoms with van der Waals surface area (Å²) in [5.74, 6) is 0.0622. The van der Waals surface area contributed by atoms with E-state index < -0.39 is 5.97 Å². The largest absolute Gasteiger partial charge is 0.497 e. The Kier molecular flexibility index (Phi) is 5.48. The molecule has 0 unspecified atom stereocenters. The number of aromatic nitrogens is 2. The first-order chi connectivity index (χ1) is 17.4. The van der Waals surface area contributed by atoms with Crippen LogP contribution in [-0.2, 0) is 15.6 Å². The molecule has 2 saturated carbocycles. The zero-order valence-electron chi connectivity index (χ0n) is 20.4. The van der Waals surface area contributed by atoms with Gasteiger partial charge in [-0.3, -0.25) is 4.79 Å². The van der Waals surface area contributed by atoms with Crippen molar-refractivity contribution in [2.45, 2.75) is 43.4 Å². The SMILES string of the molecule is CCOC(=O)c1nn(-c2ccc(OC)cc2)c2c1C1(CC1)CN(c1ccc(C3(CBr)CC3)cc1)C2=O. The molecule has 6 rings (SSSR count). The highest BCUT2D eigenvalue weighted by Crippen LogP contribution is 2.55. The van der Waals surface area contributed by atoms with Gasteiger partial charge in [0, 0.05) is 34.0 Å². The normalized spacial score (nSPS) is 18.6. The number of hydrogen-bond donors (Lipinski definition) is 0. The van der Waals surface area contributed by atoms with Crippen molar-refractivity contribution in [1.29, 1.82) is 0 Å². The van der Waals surface area contributed by atoms with E-state index in [9.17, 15) is 9.59 Å². The summed E-state index contributed by atoms with van der Waals surface area (Å²) in [5.41, 5.74) is 4.22. The Morgan fingerprint density at radius 1 is 1.03 bits per heavy atom. The molecule has 2 heterocycles. The number of hydrogen-bond acceptors (Lipinski definition) is 5. The lowest BCUT2D eigenvalue weighted by Crippen LogP contribution is -2.44. The number of carbonyl (C=O) groups excluding carboxylic acids is 2. The number of ether oxygens (including phenoxy) is 2. The molecule has 0 N–H and O–H groups in total. The van der Waals surface area contributed by atoms with Crippen molar-refractivity contribution >= 4 is 33.5 Å². The van der Waals surface area contributed by atoms with Crippen LogP contribution in [0, 0.1) is 0 Å². The zero-order valence-corrected chi connectivity index (χ0v) is 22.0. The van der Waals surface area contributed by atoms with Gasteiger partial charge >= 0.3 is 5.97 Å². The van der Waals surface area contributed by atoms with Gasteiger partial charge < -0.3 is 14.4 Å². The molecule has 186 valence electrons. The van der Waals surface area contributed by atoms with E-state index in [1.807, 2.05) is 29.2 Å². The predicted octanol–water partition coefficient (Wildman–Crippen LogP) is 5.18. The molecule has 7 nitrogen and oxygen atoms in total. The predicted molar refractivity (Wildman–Crippen MR) is 140 cm³/mol. The molecule has 36 heavy (non-hydrogen) atoms. The van der Waals surface area contributed by atoms with Crippen LogP contribution in [0.1, 0.15) is 64.7 Å². The maximum Gasteiger partial charge on any atom is 0.359 e. The highest BCUT2D eigenvalue weighted by Gasteiger charge is 2.56. The van der Waals surface area contributed by atoms with E-state index >= 15 is 0 Å². The number of benzene rings is 2. The molecule has 0 saturated heterocycles. The molecule has 1 aromatic heterocycles. The number of rotatable bonds is 7. The number of amides is 1. The number of fused-ring (bicyclic) bond motifs is 2. The van der Waals surface area contributed by atoms with E-state index in [1.54, 1.807) is 18.7 Å². The molecule has 3 aromatic rings. The molecule has 1 amide bonds. The first kappa shape index (κ1) is 23.3. The summed E-state index contributed by atoms with van der Waals surface area (Å²) in [6.07, 6.45) is 4.17. The molecule has 2 aliphatic carbocycles. The summed E-state index contributed by atoms with van der Waals surface area (Å²) in [6.45, 7) is 2.55. The fourth-order valence-corrected chi connectivity index (χ4v) is 6.25. The first-order valence-corrected chi connectivity index (χ1v) is 13.5. The highest BCUT2D eigenvalue weighted by molar-refractivity contribution is 9.09. The third kappa shape index (κ3) is 3.57. The summed E-state index contributed by atoms with van der Waals surface area (Å²) in [5, 5.41) is 5.62. The van der Waals surface area contributed by atoms with Crippen LogP contribution in [0.2, 0.25) is 0 Å². The van der Waals surface area contributed by atoms with Crippen LogP contribution >= 0.6 is 15.9 Å². The van der Waals surface area contributed by atoms with Gasteiger partial charge in [0.1, 0.15) is 11.4 Å². The maximum atomic E-state index is 14.1. The molecular formula is C28H28BrN3O4. The molecule has 3 aliphatic rings. The van der Waals surface area contributed by atoms with Gasteiger partial charge in [-0.1, -0.05) is 28.1 Å². The Bertz CT molecular complexity index is 1340. The number of anilines is 1. The summed E-state index contributed by atoms with van der Waals surface area (Å²) in [7, 11) is 1.61. The van der Waals surface area contributed by atoms with E-state index in [1.165, 1.54) is 18.4 Å². The Morgan fingerprint density at radius 2 is 1.69 bits per heavy atom. The van der Waals surface area contributed by atoms with Gasteiger partial charge in [-0.25, -0.2) is 9.48 Å². The van der Waals surface area contributed by atoms with Crippen molar-refractivity contribution in [3.8, 4) is 11.4 Å². The van der Waals surface area contributed by atoms with Gasteiger partial charge in [-0.15, -0.1) is 0 Å². The standard InChI is InChI=1S/C28H28BrN3O4/c1-3-36-26(34)23-22-24(32(30-23)20-8-10-21(35-2)11-9-20)25(33)31(17-28(22)14-15-28)19-6-4-18(5-7-19)27(16-29)12-13-27/h4-11H,3,12-17H2,1-2H3. The fraction of sp³-hybridized carbons (Fsp3) is 0.393. The van der Waals surface area contributed by atoms with Crippen LogP contribution in [0.25, 0.3) is 5.69 Å². The average molecular weight is 550 g/mol. The number of alkyl halides is 1. The summed E-state index contributed by atoms with van der Waals surface area (Å²) < 4.78 is 12.2. The van der Waals surface area contributed by atoms with Crippen LogP contribution in [0.3, 0.4) is 0 Å². The van der Waals surface area contributed by atoms with Crippen LogP contribution < -0.4 is 9.64 Å². The minimum Gasteiger partial charge on any atom is -0.497 e. The average Bonchev–Trinajstić information content (AvgIpc) is 3.83. The summed E-state index contributed by atoms with van der Waals surface area (Å²) in [6, 6.07) is 15.7. The Balaban J connectivity index is 1.45. The van der Waals surface area contributed by atoms with Gasteiger partial charge in [0.25, 0.3) is 5.91 Å². The van der Waals surface area contributed by atoms with E-state index in [0.29, 0.717) is 23.7 Å². The highest BCUT2D eigenvalue weighted by atomic mass is 79.9. The minimum atomic E-state index is -0.484. The van der Waals surface area contributed by atoms with Crippen molar-refractivity contribution in [1.82, 2.24) is 9.78 Å². The molecule has 0 radical (unpaired) electrons. The van der Waals surface area contributed by atoms with Crippen LogP contribution in [0.5, 0.6) is 5.75 Å². The summed E-state index contributed by atoms with van der Waals surface area (Å²) in [4.78, 5) is 28.9. The van der Waals surface area contributed by atoms with Crippen molar-refractivity contribution in [2.75, 3.05) is 30.5 Å². The Hall–Kier alpha value is -3.13. The van der Waals surface area contributed by atoms with Gasteiger partial charge in [-0.2, -0.15) is 5.10 Å². The van der Waals surface area contributed by atoms with Gasteiger partial charge in [0.15, 0.2) is 5.69 Å². The second kappa shape index (κ2) is 8.47. The number of nitrogens with zero attached hydrogens (tertiary/aromatic N) is 3. The molecular weight excluding hydrogens is 522 g/mol. The van der Waals surface area contributed by atoms with Gasteiger partial charge in [-0.05, 0) is 74.6 Å². The first-order valence-electron chi connectivity index (χ1n) is 12.4. The van der Waals surface area contributed by atoms with Crippen LogP contribution in [0.4, 0.5) is 5.69 Å². The number of esters is 1. The van der Waals surface area contributed by atoms with Gasteiger partial charge in [0.2, 0.25) is 0 Å². The Morgan fingerprint density at radius 3 is 2.25 bits per heavy atom. The van der Waals surface area contributed by atoms with Gasteiger partial charge in [0.05, 0.1) is 19.4 Å². The smallest absolute Gasteiger partial charge is 0.359 e. The third-order valence-electron chi connectivity index (χ3n) is 7.86. The van der Waals surface area contributed by atoms with E-state index in [0.717, 1.165) is 29.4 Å². The lowest BCUT2D eigenvalue weighted by Gasteiger charge is -2.33. The van der Waals surface area contributed by atoms with Crippen molar-refractivity contribution < 1.29 is 19.1 Å². The summed E-state index contributed by atoms with van der Waals surface area (Å²) >= 11 is 3.66. The molecule has 2 fully saturated rings. The molecule has 1 aliphatic heterocycles. The third-order valence-corrected chi connectivity index (χ3v) is 8.94. The second-order valence-electron chi connectivity index (χ2n) is 10.0. The van der Waals surface area contributed by atoms with Crippen molar-refractivity contribution in [3.63, 3.8) is 0 Å². The number of halogens is 1.